The molecular formula is C19H15F3N4OS. The topological polar surface area (TPSA) is 59.0 Å². The zero-order chi connectivity index (χ0) is 20.4. The molecule has 0 aliphatic heterocycles. The number of carbonyl (C=O) groups is 1. The van der Waals surface area contributed by atoms with Crippen LogP contribution >= 0.6 is 12.2 Å². The maximum Gasteiger partial charge on any atom is 0.260 e. The summed E-state index contributed by atoms with van der Waals surface area (Å²) in [7, 11) is 1.69. The number of rotatable bonds is 3. The molecular weight excluding hydrogens is 389 g/mol. The first kappa shape index (κ1) is 19.6. The van der Waals surface area contributed by atoms with Gasteiger partial charge in [-0.1, -0.05) is 18.2 Å². The molecule has 9 heteroatoms. The first-order chi connectivity index (χ1) is 13.3. The van der Waals surface area contributed by atoms with Gasteiger partial charge in [-0.2, -0.15) is 5.10 Å². The second-order valence-electron chi connectivity index (χ2n) is 6.01. The third-order valence-electron chi connectivity index (χ3n) is 3.96. The Hall–Kier alpha value is -3.20. The van der Waals surface area contributed by atoms with Crippen LogP contribution in [0.3, 0.4) is 0 Å². The van der Waals surface area contributed by atoms with E-state index >= 15 is 0 Å². The summed E-state index contributed by atoms with van der Waals surface area (Å²) in [6, 6.07) is 8.31. The summed E-state index contributed by atoms with van der Waals surface area (Å²) in [6.45, 7) is 1.69. The minimum absolute atomic E-state index is 0.0104. The van der Waals surface area contributed by atoms with Crippen LogP contribution in [0.25, 0.3) is 11.1 Å². The molecule has 1 heterocycles. The highest BCUT2D eigenvalue weighted by Gasteiger charge is 2.16. The molecule has 2 N–H and O–H groups in total. The average Bonchev–Trinajstić information content (AvgIpc) is 2.98. The van der Waals surface area contributed by atoms with Crippen LogP contribution in [0.15, 0.2) is 42.6 Å². The minimum Gasteiger partial charge on any atom is -0.332 e. The number of para-hydroxylation sites is 1. The molecule has 0 unspecified atom stereocenters. The molecule has 0 aliphatic carbocycles. The summed E-state index contributed by atoms with van der Waals surface area (Å²) in [5, 5.41) is 9.43. The zero-order valence-electron chi connectivity index (χ0n) is 14.9. The second kappa shape index (κ2) is 7.81. The van der Waals surface area contributed by atoms with Gasteiger partial charge < -0.3 is 5.32 Å². The van der Waals surface area contributed by atoms with Gasteiger partial charge in [0.15, 0.2) is 22.6 Å². The molecule has 1 aromatic heterocycles. The highest BCUT2D eigenvalue weighted by Crippen LogP contribution is 2.30. The Balaban J connectivity index is 1.83. The van der Waals surface area contributed by atoms with Crippen molar-refractivity contribution in [2.24, 2.45) is 7.05 Å². The third kappa shape index (κ3) is 4.04. The van der Waals surface area contributed by atoms with Gasteiger partial charge in [-0.05, 0) is 42.9 Å². The Bertz CT molecular complexity index is 1060. The van der Waals surface area contributed by atoms with Gasteiger partial charge in [-0.15, -0.1) is 0 Å². The van der Waals surface area contributed by atoms with Crippen LogP contribution in [0.2, 0.25) is 0 Å². The third-order valence-corrected chi connectivity index (χ3v) is 4.16. The second-order valence-corrected chi connectivity index (χ2v) is 6.42. The fraction of sp³-hybridized carbons (Fsp3) is 0.105. The Kier molecular flexibility index (Phi) is 5.46. The number of hydrogen-bond acceptors (Lipinski definition) is 3. The Labute approximate surface area is 164 Å². The van der Waals surface area contributed by atoms with Crippen LogP contribution in [0.4, 0.5) is 18.9 Å². The maximum absolute atomic E-state index is 13.6. The van der Waals surface area contributed by atoms with Crippen molar-refractivity contribution >= 4 is 28.9 Å². The molecule has 3 rings (SSSR count). The lowest BCUT2D eigenvalue weighted by Gasteiger charge is -2.14. The molecule has 28 heavy (non-hydrogen) atoms. The van der Waals surface area contributed by atoms with Crippen molar-refractivity contribution in [3.8, 4) is 11.1 Å². The standard InChI is InChI=1S/C19H15F3N4OS/c1-10-13(9-26(2)25-10)18(27)24-19(28)23-16-6-4-3-5-12(16)11-7-14(20)17(22)15(21)8-11/h3-9H,1-2H3,(H2,23,24,27,28). The molecule has 144 valence electrons. The van der Waals surface area contributed by atoms with E-state index in [4.69, 9.17) is 12.2 Å². The fourth-order valence-electron chi connectivity index (χ4n) is 2.70. The number of benzene rings is 2. The zero-order valence-corrected chi connectivity index (χ0v) is 15.7. The summed E-state index contributed by atoms with van der Waals surface area (Å²) < 4.78 is 41.9. The number of aryl methyl sites for hydroxylation is 2. The molecule has 0 bridgehead atoms. The summed E-state index contributed by atoms with van der Waals surface area (Å²) in [4.78, 5) is 12.3. The molecule has 5 nitrogen and oxygen atoms in total. The number of amides is 1. The first-order valence-corrected chi connectivity index (χ1v) is 8.53. The molecule has 0 fully saturated rings. The Morgan fingerprint density at radius 2 is 1.79 bits per heavy atom. The number of thiocarbonyl (C=S) groups is 1. The molecule has 2 aromatic carbocycles. The molecule has 0 saturated carbocycles. The molecule has 0 radical (unpaired) electrons. The number of nitrogens with zero attached hydrogens (tertiary/aromatic N) is 2. The van der Waals surface area contributed by atoms with E-state index < -0.39 is 23.4 Å². The van der Waals surface area contributed by atoms with Crippen LogP contribution in [0.1, 0.15) is 16.1 Å². The van der Waals surface area contributed by atoms with Crippen LogP contribution < -0.4 is 10.6 Å². The van der Waals surface area contributed by atoms with E-state index in [9.17, 15) is 18.0 Å². The number of anilines is 1. The van der Waals surface area contributed by atoms with Crippen LogP contribution in [0, 0.1) is 24.4 Å². The van der Waals surface area contributed by atoms with Crippen molar-refractivity contribution in [3.05, 3.63) is 71.3 Å². The minimum atomic E-state index is -1.54. The molecule has 0 aliphatic rings. The average molecular weight is 404 g/mol. The van der Waals surface area contributed by atoms with Gasteiger partial charge in [0.05, 0.1) is 11.3 Å². The quantitative estimate of drug-likeness (QED) is 0.513. The molecule has 1 amide bonds. The van der Waals surface area contributed by atoms with E-state index in [1.165, 1.54) is 4.68 Å². The van der Waals surface area contributed by atoms with Gasteiger partial charge >= 0.3 is 0 Å². The van der Waals surface area contributed by atoms with Gasteiger partial charge in [0.1, 0.15) is 0 Å². The van der Waals surface area contributed by atoms with Crippen molar-refractivity contribution in [2.75, 3.05) is 5.32 Å². The van der Waals surface area contributed by atoms with E-state index in [0.29, 0.717) is 22.5 Å². The number of aromatic nitrogens is 2. The van der Waals surface area contributed by atoms with E-state index in [1.54, 1.807) is 44.4 Å². The van der Waals surface area contributed by atoms with Gasteiger partial charge in [0.25, 0.3) is 5.91 Å². The Morgan fingerprint density at radius 3 is 2.39 bits per heavy atom. The lowest BCUT2D eigenvalue weighted by Crippen LogP contribution is -2.34. The fourth-order valence-corrected chi connectivity index (χ4v) is 2.90. The van der Waals surface area contributed by atoms with Crippen molar-refractivity contribution in [3.63, 3.8) is 0 Å². The summed E-state index contributed by atoms with van der Waals surface area (Å²) in [5.74, 6) is -4.58. The van der Waals surface area contributed by atoms with Crippen molar-refractivity contribution in [1.82, 2.24) is 15.1 Å². The first-order valence-electron chi connectivity index (χ1n) is 8.12. The predicted molar refractivity (Wildman–Crippen MR) is 103 cm³/mol. The number of halogens is 3. The molecule has 3 aromatic rings. The maximum atomic E-state index is 13.6. The summed E-state index contributed by atoms with van der Waals surface area (Å²) in [6.07, 6.45) is 1.56. The summed E-state index contributed by atoms with van der Waals surface area (Å²) in [5.41, 5.74) is 1.80. The normalized spacial score (nSPS) is 10.6. The van der Waals surface area contributed by atoms with Gasteiger partial charge in [-0.3, -0.25) is 14.8 Å². The van der Waals surface area contributed by atoms with Crippen molar-refractivity contribution in [1.29, 1.82) is 0 Å². The summed E-state index contributed by atoms with van der Waals surface area (Å²) >= 11 is 5.17. The van der Waals surface area contributed by atoms with Crippen molar-refractivity contribution < 1.29 is 18.0 Å². The molecule has 0 spiro atoms. The molecule has 0 saturated heterocycles. The lowest BCUT2D eigenvalue weighted by molar-refractivity contribution is 0.0977. The highest BCUT2D eigenvalue weighted by molar-refractivity contribution is 7.80. The number of nitrogens with one attached hydrogen (secondary N) is 2. The predicted octanol–water partition coefficient (Wildman–Crippen LogP) is 3.94. The van der Waals surface area contributed by atoms with E-state index in [1.807, 2.05) is 0 Å². The van der Waals surface area contributed by atoms with Gasteiger partial charge in [-0.25, -0.2) is 13.2 Å². The Morgan fingerprint density at radius 1 is 1.14 bits per heavy atom. The van der Waals surface area contributed by atoms with Crippen molar-refractivity contribution in [2.45, 2.75) is 6.92 Å². The smallest absolute Gasteiger partial charge is 0.260 e. The van der Waals surface area contributed by atoms with E-state index in [-0.39, 0.29) is 10.7 Å². The van der Waals surface area contributed by atoms with Gasteiger partial charge in [0.2, 0.25) is 0 Å². The van der Waals surface area contributed by atoms with E-state index in [0.717, 1.165) is 12.1 Å². The largest absolute Gasteiger partial charge is 0.332 e. The van der Waals surface area contributed by atoms with E-state index in [2.05, 4.69) is 15.7 Å². The number of carbonyl (C=O) groups excluding carboxylic acids is 1. The highest BCUT2D eigenvalue weighted by atomic mass is 32.1. The SMILES string of the molecule is Cc1nn(C)cc1C(=O)NC(=S)Nc1ccccc1-c1cc(F)c(F)c(F)c1. The lowest BCUT2D eigenvalue weighted by atomic mass is 10.0. The van der Waals surface area contributed by atoms with Crippen LogP contribution in [-0.2, 0) is 7.05 Å². The number of hydrogen-bond donors (Lipinski definition) is 2. The van der Waals surface area contributed by atoms with Crippen LogP contribution in [0.5, 0.6) is 0 Å². The monoisotopic (exact) mass is 404 g/mol. The van der Waals surface area contributed by atoms with Crippen LogP contribution in [-0.4, -0.2) is 20.8 Å². The molecule has 0 atom stereocenters. The van der Waals surface area contributed by atoms with Gasteiger partial charge in [0, 0.05) is 24.5 Å².